The van der Waals surface area contributed by atoms with Gasteiger partial charge in [-0.2, -0.15) is 0 Å². The van der Waals surface area contributed by atoms with Crippen LogP contribution in [-0.2, 0) is 28.9 Å². The van der Waals surface area contributed by atoms with Gasteiger partial charge in [0.25, 0.3) is 0 Å². The molecule has 1 aliphatic heterocycles. The van der Waals surface area contributed by atoms with Crippen molar-refractivity contribution >= 4 is 5.91 Å². The number of piperidine rings is 1. The largest absolute Gasteiger partial charge is 0.493 e. The first kappa shape index (κ1) is 26.3. The highest BCUT2D eigenvalue weighted by molar-refractivity contribution is 5.79. The maximum atomic E-state index is 13.0. The molecule has 2 atom stereocenters. The Morgan fingerprint density at radius 1 is 1.00 bits per heavy atom. The molecule has 0 aromatic heterocycles. The van der Waals surface area contributed by atoms with Crippen LogP contribution in [0.25, 0.3) is 0 Å². The standard InChI is InChI=1S/C29H40N2O5/c1-33-13-5-12-30-29(32)25-14-22(20-36-26-10-9-23-6-4-7-24(23)16-26)18-31(19-25)17-21-8-11-27(34-2)28(15-21)35-3/h8-11,15-16,22,25H,4-7,12-14,17-20H2,1-3H3,(H,30,32)/t22-,25+/m0/s1. The van der Waals surface area contributed by atoms with Crippen LogP contribution in [0, 0.1) is 11.8 Å². The number of carbonyl (C=O) groups excluding carboxylic acids is 1. The molecule has 1 fully saturated rings. The maximum Gasteiger partial charge on any atom is 0.224 e. The quantitative estimate of drug-likeness (QED) is 0.450. The van der Waals surface area contributed by atoms with Crippen molar-refractivity contribution in [2.45, 2.75) is 38.6 Å². The molecule has 196 valence electrons. The lowest BCUT2D eigenvalue weighted by Crippen LogP contribution is -2.47. The average Bonchev–Trinajstić information content (AvgIpc) is 3.37. The Hall–Kier alpha value is -2.77. The fourth-order valence-electron chi connectivity index (χ4n) is 5.40. The molecule has 1 saturated heterocycles. The monoisotopic (exact) mass is 496 g/mol. The number of rotatable bonds is 12. The zero-order valence-corrected chi connectivity index (χ0v) is 21.9. The smallest absolute Gasteiger partial charge is 0.224 e. The Morgan fingerprint density at radius 2 is 1.83 bits per heavy atom. The van der Waals surface area contributed by atoms with Gasteiger partial charge in [0, 0.05) is 45.8 Å². The molecule has 2 aliphatic rings. The molecule has 0 saturated carbocycles. The molecule has 0 radical (unpaired) electrons. The van der Waals surface area contributed by atoms with Crippen LogP contribution in [0.5, 0.6) is 17.2 Å². The van der Waals surface area contributed by atoms with E-state index < -0.39 is 0 Å². The minimum atomic E-state index is -0.0740. The predicted molar refractivity (Wildman–Crippen MR) is 140 cm³/mol. The number of carbonyl (C=O) groups is 1. The van der Waals surface area contributed by atoms with Crippen molar-refractivity contribution in [3.05, 3.63) is 53.1 Å². The normalized spacial score (nSPS) is 19.5. The Kier molecular flexibility index (Phi) is 9.47. The van der Waals surface area contributed by atoms with E-state index in [2.05, 4.69) is 34.5 Å². The number of nitrogens with one attached hydrogen (secondary N) is 1. The summed E-state index contributed by atoms with van der Waals surface area (Å²) < 4.78 is 22.3. The van der Waals surface area contributed by atoms with Crippen LogP contribution in [0.3, 0.4) is 0 Å². The summed E-state index contributed by atoms with van der Waals surface area (Å²) in [5.74, 6) is 2.68. The summed E-state index contributed by atoms with van der Waals surface area (Å²) in [7, 11) is 4.98. The van der Waals surface area contributed by atoms with Crippen LogP contribution < -0.4 is 19.5 Å². The van der Waals surface area contributed by atoms with Crippen molar-refractivity contribution in [3.63, 3.8) is 0 Å². The van der Waals surface area contributed by atoms with Gasteiger partial charge in [0.15, 0.2) is 11.5 Å². The second-order valence-corrected chi connectivity index (χ2v) is 9.91. The van der Waals surface area contributed by atoms with Crippen LogP contribution in [0.15, 0.2) is 36.4 Å². The first-order chi connectivity index (χ1) is 17.6. The van der Waals surface area contributed by atoms with E-state index in [4.69, 9.17) is 18.9 Å². The zero-order chi connectivity index (χ0) is 25.3. The molecule has 2 aromatic carbocycles. The molecule has 1 heterocycles. The molecule has 1 amide bonds. The lowest BCUT2D eigenvalue weighted by atomic mass is 9.88. The number of likely N-dealkylation sites (tertiary alicyclic amines) is 1. The van der Waals surface area contributed by atoms with Gasteiger partial charge in [0.05, 0.1) is 26.7 Å². The second-order valence-electron chi connectivity index (χ2n) is 9.91. The van der Waals surface area contributed by atoms with Gasteiger partial charge in [0.2, 0.25) is 5.91 Å². The Morgan fingerprint density at radius 3 is 2.64 bits per heavy atom. The third-order valence-electron chi connectivity index (χ3n) is 7.22. The third-order valence-corrected chi connectivity index (χ3v) is 7.22. The molecule has 4 rings (SSSR count). The van der Waals surface area contributed by atoms with Gasteiger partial charge >= 0.3 is 0 Å². The SMILES string of the molecule is COCCCNC(=O)[C@@H]1C[C@H](COc2ccc3c(c2)CCC3)CN(Cc2ccc(OC)c(OC)c2)C1. The summed E-state index contributed by atoms with van der Waals surface area (Å²) in [6, 6.07) is 12.5. The number of ether oxygens (including phenoxy) is 4. The van der Waals surface area contributed by atoms with Gasteiger partial charge in [-0.15, -0.1) is 0 Å². The molecule has 7 heteroatoms. The molecule has 0 bridgehead atoms. The van der Waals surface area contributed by atoms with E-state index in [9.17, 15) is 4.79 Å². The molecule has 0 spiro atoms. The van der Waals surface area contributed by atoms with Gasteiger partial charge in [-0.1, -0.05) is 12.1 Å². The molecular weight excluding hydrogens is 456 g/mol. The number of aryl methyl sites for hydroxylation is 2. The molecule has 36 heavy (non-hydrogen) atoms. The maximum absolute atomic E-state index is 13.0. The van der Waals surface area contributed by atoms with Gasteiger partial charge < -0.3 is 24.3 Å². The van der Waals surface area contributed by atoms with Crippen molar-refractivity contribution < 1.29 is 23.7 Å². The summed E-state index contributed by atoms with van der Waals surface area (Å²) >= 11 is 0. The van der Waals surface area contributed by atoms with Crippen molar-refractivity contribution in [2.75, 3.05) is 54.2 Å². The Balaban J connectivity index is 1.41. The van der Waals surface area contributed by atoms with Gasteiger partial charge in [-0.25, -0.2) is 0 Å². The fourth-order valence-corrected chi connectivity index (χ4v) is 5.40. The lowest BCUT2D eigenvalue weighted by molar-refractivity contribution is -0.127. The summed E-state index contributed by atoms with van der Waals surface area (Å²) in [5, 5.41) is 3.10. The number of hydrogen-bond donors (Lipinski definition) is 1. The molecular formula is C29H40N2O5. The summed E-state index contributed by atoms with van der Waals surface area (Å²) in [4.78, 5) is 15.4. The van der Waals surface area contributed by atoms with E-state index in [1.807, 2.05) is 12.1 Å². The van der Waals surface area contributed by atoms with Gasteiger partial charge in [0.1, 0.15) is 5.75 Å². The van der Waals surface area contributed by atoms with E-state index in [1.54, 1.807) is 21.3 Å². The van der Waals surface area contributed by atoms with Crippen molar-refractivity contribution in [2.24, 2.45) is 11.8 Å². The van der Waals surface area contributed by atoms with Crippen molar-refractivity contribution in [1.82, 2.24) is 10.2 Å². The number of methoxy groups -OCH3 is 3. The van der Waals surface area contributed by atoms with Crippen LogP contribution in [0.1, 0.15) is 36.0 Å². The minimum absolute atomic E-state index is 0.0740. The number of amides is 1. The van der Waals surface area contributed by atoms with Crippen molar-refractivity contribution in [1.29, 1.82) is 0 Å². The molecule has 0 unspecified atom stereocenters. The predicted octanol–water partition coefficient (Wildman–Crippen LogP) is 3.86. The average molecular weight is 497 g/mol. The minimum Gasteiger partial charge on any atom is -0.493 e. The Labute approximate surface area is 215 Å². The number of fused-ring (bicyclic) bond motifs is 1. The highest BCUT2D eigenvalue weighted by Crippen LogP contribution is 2.31. The molecule has 1 aliphatic carbocycles. The highest BCUT2D eigenvalue weighted by Gasteiger charge is 2.32. The number of benzene rings is 2. The molecule has 1 N–H and O–H groups in total. The summed E-state index contributed by atoms with van der Waals surface area (Å²) in [5.41, 5.74) is 4.00. The van der Waals surface area contributed by atoms with Crippen molar-refractivity contribution in [3.8, 4) is 17.2 Å². The van der Waals surface area contributed by atoms with Crippen LogP contribution >= 0.6 is 0 Å². The Bertz CT molecular complexity index is 1010. The number of nitrogens with zero attached hydrogens (tertiary/aromatic N) is 1. The second kappa shape index (κ2) is 13.0. The first-order valence-electron chi connectivity index (χ1n) is 13.0. The molecule has 2 aromatic rings. The van der Waals surface area contributed by atoms with Gasteiger partial charge in [-0.05, 0) is 73.1 Å². The van der Waals surface area contributed by atoms with E-state index >= 15 is 0 Å². The topological polar surface area (TPSA) is 69.3 Å². The highest BCUT2D eigenvalue weighted by atomic mass is 16.5. The first-order valence-corrected chi connectivity index (χ1v) is 13.0. The van der Waals surface area contributed by atoms with E-state index in [0.29, 0.717) is 25.5 Å². The lowest BCUT2D eigenvalue weighted by Gasteiger charge is -2.37. The number of hydrogen-bond acceptors (Lipinski definition) is 6. The van der Waals surface area contributed by atoms with E-state index in [0.717, 1.165) is 56.0 Å². The fraction of sp³-hybridized carbons (Fsp3) is 0.552. The van der Waals surface area contributed by atoms with Crippen LogP contribution in [0.2, 0.25) is 0 Å². The van der Waals surface area contributed by atoms with Gasteiger partial charge in [-0.3, -0.25) is 9.69 Å². The third kappa shape index (κ3) is 6.92. The molecule has 7 nitrogen and oxygen atoms in total. The van der Waals surface area contributed by atoms with E-state index in [-0.39, 0.29) is 17.7 Å². The zero-order valence-electron chi connectivity index (χ0n) is 21.9. The van der Waals surface area contributed by atoms with E-state index in [1.165, 1.54) is 24.0 Å². The summed E-state index contributed by atoms with van der Waals surface area (Å²) in [6.07, 6.45) is 5.18. The van der Waals surface area contributed by atoms with Crippen LogP contribution in [0.4, 0.5) is 0 Å². The van der Waals surface area contributed by atoms with Crippen LogP contribution in [-0.4, -0.2) is 65.0 Å². The summed E-state index contributed by atoms with van der Waals surface area (Å²) in [6.45, 7) is 4.23.